The summed E-state index contributed by atoms with van der Waals surface area (Å²) in [7, 11) is 0. The van der Waals surface area contributed by atoms with Gasteiger partial charge in [-0.3, -0.25) is 5.11 Å². The smallest absolute Gasteiger partial charge is 0.139 e. The first-order valence-electron chi connectivity index (χ1n) is 5.35. The van der Waals surface area contributed by atoms with Crippen LogP contribution in [0, 0.1) is 0 Å². The Kier molecular flexibility index (Phi) is 5.38. The van der Waals surface area contributed by atoms with Crippen LogP contribution in [0.3, 0.4) is 0 Å². The van der Waals surface area contributed by atoms with Crippen molar-refractivity contribution in [1.29, 1.82) is 0 Å². The Hall–Kier alpha value is -1.44. The molecular weight excluding hydrogens is 188 g/mol. The number of hydrogen-bond donors (Lipinski definition) is 0. The van der Waals surface area contributed by atoms with Gasteiger partial charge in [0.05, 0.1) is 6.61 Å². The SMILES string of the molecule is CCCCOc1cccc(CC=C[O])c1. The first-order chi connectivity index (χ1) is 7.36. The fraction of sp³-hybridized carbons (Fsp3) is 0.385. The molecule has 0 amide bonds. The van der Waals surface area contributed by atoms with Crippen molar-refractivity contribution in [1.82, 2.24) is 0 Å². The van der Waals surface area contributed by atoms with E-state index in [2.05, 4.69) is 6.92 Å². The third-order valence-corrected chi connectivity index (χ3v) is 2.11. The molecule has 0 aliphatic carbocycles. The largest absolute Gasteiger partial charge is 0.494 e. The summed E-state index contributed by atoms with van der Waals surface area (Å²) in [5.74, 6) is 0.889. The number of hydrogen-bond acceptors (Lipinski definition) is 1. The number of ether oxygens (including phenoxy) is 1. The molecule has 81 valence electrons. The molecule has 0 atom stereocenters. The molecule has 0 heterocycles. The minimum atomic E-state index is 0.675. The van der Waals surface area contributed by atoms with E-state index in [1.54, 1.807) is 6.08 Å². The highest BCUT2D eigenvalue weighted by molar-refractivity contribution is 5.29. The van der Waals surface area contributed by atoms with E-state index in [0.29, 0.717) is 6.42 Å². The average Bonchev–Trinajstić information content (AvgIpc) is 2.27. The fourth-order valence-electron chi connectivity index (χ4n) is 1.28. The lowest BCUT2D eigenvalue weighted by atomic mass is 10.1. The summed E-state index contributed by atoms with van der Waals surface area (Å²) >= 11 is 0. The maximum Gasteiger partial charge on any atom is 0.139 e. The quantitative estimate of drug-likeness (QED) is 0.517. The molecule has 15 heavy (non-hydrogen) atoms. The van der Waals surface area contributed by atoms with Crippen molar-refractivity contribution in [3.63, 3.8) is 0 Å². The molecule has 0 aliphatic rings. The van der Waals surface area contributed by atoms with Crippen molar-refractivity contribution < 1.29 is 9.84 Å². The number of unbranched alkanes of at least 4 members (excludes halogenated alkanes) is 1. The van der Waals surface area contributed by atoms with E-state index in [-0.39, 0.29) is 0 Å². The molecule has 0 saturated carbocycles. The van der Waals surface area contributed by atoms with E-state index in [0.717, 1.165) is 37.0 Å². The molecular formula is C13H17O2. The van der Waals surface area contributed by atoms with Crippen LogP contribution in [0.25, 0.3) is 0 Å². The van der Waals surface area contributed by atoms with Gasteiger partial charge in [-0.15, -0.1) is 0 Å². The van der Waals surface area contributed by atoms with Gasteiger partial charge in [-0.1, -0.05) is 25.5 Å². The molecule has 0 fully saturated rings. The normalized spacial score (nSPS) is 10.7. The predicted molar refractivity (Wildman–Crippen MR) is 60.4 cm³/mol. The molecule has 1 radical (unpaired) electrons. The van der Waals surface area contributed by atoms with Crippen molar-refractivity contribution >= 4 is 0 Å². The van der Waals surface area contributed by atoms with Crippen LogP contribution >= 0.6 is 0 Å². The van der Waals surface area contributed by atoms with Crippen LogP contribution in [-0.2, 0) is 11.5 Å². The number of benzene rings is 1. The van der Waals surface area contributed by atoms with Crippen LogP contribution in [0.2, 0.25) is 0 Å². The molecule has 1 aromatic rings. The zero-order chi connectivity index (χ0) is 10.9. The third kappa shape index (κ3) is 4.54. The fourth-order valence-corrected chi connectivity index (χ4v) is 1.28. The summed E-state index contributed by atoms with van der Waals surface area (Å²) in [5, 5.41) is 10.2. The van der Waals surface area contributed by atoms with Crippen molar-refractivity contribution in [2.75, 3.05) is 6.61 Å². The molecule has 1 aromatic carbocycles. The highest BCUT2D eigenvalue weighted by atomic mass is 16.5. The second kappa shape index (κ2) is 6.93. The van der Waals surface area contributed by atoms with Gasteiger partial charge >= 0.3 is 0 Å². The Bertz CT molecular complexity index is 305. The van der Waals surface area contributed by atoms with Crippen LogP contribution < -0.4 is 4.74 Å². The topological polar surface area (TPSA) is 29.1 Å². The standard InChI is InChI=1S/C13H17O2/c1-2-3-10-15-13-8-4-6-12(11-13)7-5-9-14/h4-6,8-9,11H,2-3,7,10H2,1H3. The summed E-state index contributed by atoms with van der Waals surface area (Å²) in [4.78, 5) is 0. The van der Waals surface area contributed by atoms with E-state index >= 15 is 0 Å². The summed E-state index contributed by atoms with van der Waals surface area (Å²) in [6.45, 7) is 2.90. The van der Waals surface area contributed by atoms with Crippen LogP contribution in [0.5, 0.6) is 5.75 Å². The lowest BCUT2D eigenvalue weighted by Gasteiger charge is -2.06. The summed E-state index contributed by atoms with van der Waals surface area (Å²) in [6.07, 6.45) is 5.31. The van der Waals surface area contributed by atoms with Crippen LogP contribution in [0.1, 0.15) is 25.3 Å². The van der Waals surface area contributed by atoms with Gasteiger partial charge in [0.15, 0.2) is 0 Å². The Morgan fingerprint density at radius 3 is 3.00 bits per heavy atom. The van der Waals surface area contributed by atoms with Gasteiger partial charge in [-0.05, 0) is 36.6 Å². The van der Waals surface area contributed by atoms with Gasteiger partial charge in [0.2, 0.25) is 0 Å². The monoisotopic (exact) mass is 205 g/mol. The Labute approximate surface area is 91.2 Å². The van der Waals surface area contributed by atoms with E-state index < -0.39 is 0 Å². The maximum absolute atomic E-state index is 10.2. The molecule has 0 N–H and O–H groups in total. The highest BCUT2D eigenvalue weighted by Gasteiger charge is 1.95. The predicted octanol–water partition coefficient (Wildman–Crippen LogP) is 3.35. The first-order valence-corrected chi connectivity index (χ1v) is 5.35. The molecule has 0 aromatic heterocycles. The molecule has 0 unspecified atom stereocenters. The lowest BCUT2D eigenvalue weighted by Crippen LogP contribution is -1.96. The zero-order valence-corrected chi connectivity index (χ0v) is 9.11. The number of allylic oxidation sites excluding steroid dienone is 1. The van der Waals surface area contributed by atoms with E-state index in [1.165, 1.54) is 0 Å². The van der Waals surface area contributed by atoms with Crippen molar-refractivity contribution in [2.24, 2.45) is 0 Å². The van der Waals surface area contributed by atoms with Gasteiger partial charge in [0, 0.05) is 0 Å². The lowest BCUT2D eigenvalue weighted by molar-refractivity contribution is 0.309. The first kappa shape index (κ1) is 11.6. The summed E-state index contributed by atoms with van der Waals surface area (Å²) in [6, 6.07) is 7.87. The molecule has 0 aliphatic heterocycles. The third-order valence-electron chi connectivity index (χ3n) is 2.11. The van der Waals surface area contributed by atoms with Crippen molar-refractivity contribution in [2.45, 2.75) is 26.2 Å². The van der Waals surface area contributed by atoms with Crippen molar-refractivity contribution in [3.05, 3.63) is 42.2 Å². The molecule has 0 saturated heterocycles. The zero-order valence-electron chi connectivity index (χ0n) is 9.11. The second-order valence-corrected chi connectivity index (χ2v) is 3.43. The minimum Gasteiger partial charge on any atom is -0.494 e. The van der Waals surface area contributed by atoms with Gasteiger partial charge in [0.25, 0.3) is 0 Å². The Morgan fingerprint density at radius 1 is 1.40 bits per heavy atom. The highest BCUT2D eigenvalue weighted by Crippen LogP contribution is 2.14. The Balaban J connectivity index is 2.49. The van der Waals surface area contributed by atoms with Crippen LogP contribution in [0.4, 0.5) is 0 Å². The van der Waals surface area contributed by atoms with Gasteiger partial charge in [-0.2, -0.15) is 0 Å². The summed E-state index contributed by atoms with van der Waals surface area (Å²) < 4.78 is 5.56. The number of rotatable bonds is 6. The van der Waals surface area contributed by atoms with E-state index in [9.17, 15) is 5.11 Å². The molecule has 0 bridgehead atoms. The molecule has 1 rings (SSSR count). The Morgan fingerprint density at radius 2 is 2.27 bits per heavy atom. The second-order valence-electron chi connectivity index (χ2n) is 3.43. The maximum atomic E-state index is 10.2. The van der Waals surface area contributed by atoms with Crippen LogP contribution in [0.15, 0.2) is 36.6 Å². The summed E-state index contributed by atoms with van der Waals surface area (Å²) in [5.41, 5.74) is 1.11. The van der Waals surface area contributed by atoms with E-state index in [1.807, 2.05) is 24.3 Å². The van der Waals surface area contributed by atoms with Crippen LogP contribution in [-0.4, -0.2) is 6.61 Å². The van der Waals surface area contributed by atoms with Gasteiger partial charge in [-0.25, -0.2) is 0 Å². The molecule has 2 heteroatoms. The van der Waals surface area contributed by atoms with Crippen molar-refractivity contribution in [3.8, 4) is 5.75 Å². The molecule has 0 spiro atoms. The van der Waals surface area contributed by atoms with Gasteiger partial charge < -0.3 is 4.74 Å². The minimum absolute atomic E-state index is 0.675. The molecule has 2 nitrogen and oxygen atoms in total. The average molecular weight is 205 g/mol. The van der Waals surface area contributed by atoms with Gasteiger partial charge in [0.1, 0.15) is 12.0 Å². The van der Waals surface area contributed by atoms with E-state index in [4.69, 9.17) is 4.74 Å².